The lowest BCUT2D eigenvalue weighted by Crippen LogP contribution is -2.37. The molecule has 0 saturated carbocycles. The third-order valence-electron chi connectivity index (χ3n) is 1.49. The number of halogens is 1. The minimum Gasteiger partial charge on any atom is -0.352 e. The Hall–Kier alpha value is -0.100. The third-order valence-corrected chi connectivity index (χ3v) is 1.49. The van der Waals surface area contributed by atoms with E-state index in [4.69, 9.17) is 0 Å². The van der Waals surface area contributed by atoms with Crippen LogP contribution in [-0.4, -0.2) is 44.6 Å². The molecule has 0 aliphatic heterocycles. The van der Waals surface area contributed by atoms with Crippen molar-refractivity contribution in [2.75, 3.05) is 34.2 Å². The summed E-state index contributed by atoms with van der Waals surface area (Å²) in [7, 11) is 6.40. The van der Waals surface area contributed by atoms with Crippen LogP contribution in [0.5, 0.6) is 0 Å². The molecule has 4 heteroatoms. The van der Waals surface area contributed by atoms with Gasteiger partial charge in [0, 0.05) is 13.0 Å². The molecule has 0 aromatic heterocycles. The van der Waals surface area contributed by atoms with Crippen LogP contribution in [0.4, 0.5) is 0 Å². The summed E-state index contributed by atoms with van der Waals surface area (Å²) in [6.07, 6.45) is 2.30. The van der Waals surface area contributed by atoms with E-state index in [1.807, 2.05) is 0 Å². The smallest absolute Gasteiger partial charge is 0.243 e. The van der Waals surface area contributed by atoms with E-state index in [1.54, 1.807) is 0 Å². The summed E-state index contributed by atoms with van der Waals surface area (Å²) in [6, 6.07) is 0. The lowest BCUT2D eigenvalue weighted by atomic mass is 10.3. The van der Waals surface area contributed by atoms with Crippen LogP contribution in [0.2, 0.25) is 0 Å². The Bertz CT molecular complexity index is 163. The third kappa shape index (κ3) is 11.9. The van der Waals surface area contributed by atoms with Crippen molar-refractivity contribution in [1.82, 2.24) is 5.32 Å². The van der Waals surface area contributed by atoms with Gasteiger partial charge in [0.1, 0.15) is 0 Å². The predicted octanol–water partition coefficient (Wildman–Crippen LogP) is 1.00. The van der Waals surface area contributed by atoms with Crippen LogP contribution in [0.1, 0.15) is 6.42 Å². The molecule has 0 spiro atoms. The van der Waals surface area contributed by atoms with Crippen LogP contribution >= 0.6 is 24.0 Å². The molecular formula is C9H20IN2O+. The zero-order chi connectivity index (χ0) is 9.61. The molecule has 1 N–H and O–H groups in total. The van der Waals surface area contributed by atoms with Crippen molar-refractivity contribution in [3.8, 4) is 0 Å². The molecule has 0 saturated heterocycles. The molecule has 0 rings (SSSR count). The molecule has 0 aromatic rings. The largest absolute Gasteiger partial charge is 0.352 e. The number of quaternary nitrogens is 1. The standard InChI is InChI=1S/C9H18N2O.HI/c1-5-9(12)10-7-6-8-11(2,3)4;/h5H,1,6-8H2,2-4H3;1H/p+1. The minimum atomic E-state index is -0.0867. The van der Waals surface area contributed by atoms with E-state index in [9.17, 15) is 4.79 Å². The summed E-state index contributed by atoms with van der Waals surface area (Å²) in [6.45, 7) is 5.18. The summed E-state index contributed by atoms with van der Waals surface area (Å²) in [4.78, 5) is 10.7. The normalized spacial score (nSPS) is 10.1. The molecule has 0 aromatic carbocycles. The van der Waals surface area contributed by atoms with Crippen molar-refractivity contribution in [2.24, 2.45) is 0 Å². The van der Waals surface area contributed by atoms with Crippen molar-refractivity contribution in [2.45, 2.75) is 6.42 Å². The van der Waals surface area contributed by atoms with E-state index in [2.05, 4.69) is 33.0 Å². The Morgan fingerprint density at radius 2 is 2.00 bits per heavy atom. The fourth-order valence-corrected chi connectivity index (χ4v) is 0.837. The molecule has 0 atom stereocenters. The number of carbonyl (C=O) groups excluding carboxylic acids is 1. The molecule has 1 amide bonds. The van der Waals surface area contributed by atoms with Crippen molar-refractivity contribution in [3.63, 3.8) is 0 Å². The zero-order valence-corrected chi connectivity index (χ0v) is 11.0. The lowest BCUT2D eigenvalue weighted by molar-refractivity contribution is -0.870. The molecule has 0 bridgehead atoms. The van der Waals surface area contributed by atoms with Gasteiger partial charge >= 0.3 is 0 Å². The summed E-state index contributed by atoms with van der Waals surface area (Å²) in [5.41, 5.74) is 0. The molecule has 0 heterocycles. The fourth-order valence-electron chi connectivity index (χ4n) is 0.837. The number of nitrogens with zero attached hydrogens (tertiary/aromatic N) is 1. The maximum absolute atomic E-state index is 10.7. The van der Waals surface area contributed by atoms with Gasteiger partial charge in [0.15, 0.2) is 0 Å². The highest BCUT2D eigenvalue weighted by Crippen LogP contribution is 1.91. The van der Waals surface area contributed by atoms with Crippen molar-refractivity contribution < 1.29 is 9.28 Å². The van der Waals surface area contributed by atoms with Gasteiger partial charge in [0.05, 0.1) is 27.7 Å². The molecular weight excluding hydrogens is 279 g/mol. The molecule has 13 heavy (non-hydrogen) atoms. The van der Waals surface area contributed by atoms with Gasteiger partial charge in [-0.15, -0.1) is 24.0 Å². The maximum atomic E-state index is 10.7. The predicted molar refractivity (Wildman–Crippen MR) is 66.1 cm³/mol. The van der Waals surface area contributed by atoms with Crippen LogP contribution in [-0.2, 0) is 4.79 Å². The van der Waals surface area contributed by atoms with Crippen molar-refractivity contribution >= 4 is 29.9 Å². The van der Waals surface area contributed by atoms with E-state index in [1.165, 1.54) is 6.08 Å². The van der Waals surface area contributed by atoms with Crippen molar-refractivity contribution in [1.29, 1.82) is 0 Å². The minimum absolute atomic E-state index is 0. The molecule has 78 valence electrons. The zero-order valence-electron chi connectivity index (χ0n) is 8.67. The van der Waals surface area contributed by atoms with Gasteiger partial charge < -0.3 is 9.80 Å². The molecule has 3 nitrogen and oxygen atoms in total. The quantitative estimate of drug-likeness (QED) is 0.349. The Balaban J connectivity index is 0. The summed E-state index contributed by atoms with van der Waals surface area (Å²) < 4.78 is 0.934. The number of carbonyl (C=O) groups is 1. The Morgan fingerprint density at radius 1 is 1.46 bits per heavy atom. The topological polar surface area (TPSA) is 29.1 Å². The highest BCUT2D eigenvalue weighted by atomic mass is 127. The molecule has 0 aliphatic carbocycles. The van der Waals surface area contributed by atoms with Crippen LogP contribution < -0.4 is 5.32 Å². The van der Waals surface area contributed by atoms with Gasteiger partial charge in [0.25, 0.3) is 0 Å². The van der Waals surface area contributed by atoms with E-state index in [0.717, 1.165) is 24.0 Å². The van der Waals surface area contributed by atoms with E-state index in [-0.39, 0.29) is 29.9 Å². The van der Waals surface area contributed by atoms with Gasteiger partial charge in [-0.3, -0.25) is 4.79 Å². The Labute approximate surface area is 97.8 Å². The summed E-state index contributed by atoms with van der Waals surface area (Å²) in [5.74, 6) is -0.0867. The number of amides is 1. The second-order valence-corrected chi connectivity index (χ2v) is 3.86. The van der Waals surface area contributed by atoms with E-state index >= 15 is 0 Å². The second kappa shape index (κ2) is 7.32. The van der Waals surface area contributed by atoms with Crippen molar-refractivity contribution in [3.05, 3.63) is 12.7 Å². The van der Waals surface area contributed by atoms with Crippen LogP contribution in [0.15, 0.2) is 12.7 Å². The van der Waals surface area contributed by atoms with E-state index in [0.29, 0.717) is 0 Å². The average molecular weight is 299 g/mol. The molecule has 0 radical (unpaired) electrons. The first-order chi connectivity index (χ1) is 5.45. The van der Waals surface area contributed by atoms with Crippen LogP contribution in [0, 0.1) is 0 Å². The average Bonchev–Trinajstić information content (AvgIpc) is 1.96. The number of rotatable bonds is 5. The highest BCUT2D eigenvalue weighted by Gasteiger charge is 2.05. The Kier molecular flexibility index (Phi) is 8.65. The van der Waals surface area contributed by atoms with Gasteiger partial charge in [-0.25, -0.2) is 0 Å². The first-order valence-corrected chi connectivity index (χ1v) is 4.16. The highest BCUT2D eigenvalue weighted by molar-refractivity contribution is 14.0. The fraction of sp³-hybridized carbons (Fsp3) is 0.667. The number of hydrogen-bond acceptors (Lipinski definition) is 1. The first kappa shape index (κ1) is 15.4. The van der Waals surface area contributed by atoms with Crippen LogP contribution in [0.3, 0.4) is 0 Å². The van der Waals surface area contributed by atoms with E-state index < -0.39 is 0 Å². The molecule has 0 unspecified atom stereocenters. The monoisotopic (exact) mass is 299 g/mol. The second-order valence-electron chi connectivity index (χ2n) is 3.86. The number of hydrogen-bond donors (Lipinski definition) is 1. The van der Waals surface area contributed by atoms with Gasteiger partial charge in [-0.05, 0) is 6.08 Å². The first-order valence-electron chi connectivity index (χ1n) is 4.16. The van der Waals surface area contributed by atoms with Gasteiger partial charge in [-0.2, -0.15) is 0 Å². The van der Waals surface area contributed by atoms with Gasteiger partial charge in [0.2, 0.25) is 5.91 Å². The van der Waals surface area contributed by atoms with Gasteiger partial charge in [-0.1, -0.05) is 6.58 Å². The summed E-state index contributed by atoms with van der Waals surface area (Å²) in [5, 5.41) is 2.74. The Morgan fingerprint density at radius 3 is 2.38 bits per heavy atom. The maximum Gasteiger partial charge on any atom is 0.243 e. The summed E-state index contributed by atoms with van der Waals surface area (Å²) >= 11 is 0. The SMILES string of the molecule is C=CC(=O)NCCC[N+](C)(C)C.I. The lowest BCUT2D eigenvalue weighted by Gasteiger charge is -2.23. The molecule has 0 fully saturated rings. The van der Waals surface area contributed by atoms with Crippen LogP contribution in [0.25, 0.3) is 0 Å². The molecule has 0 aliphatic rings. The number of nitrogens with one attached hydrogen (secondary N) is 1.